The SMILES string of the molecule is CCC(=O)C(C)NC(=O)c1cccc(OC(F)F)c1. The molecular weight excluding hydrogens is 256 g/mol. The molecule has 4 nitrogen and oxygen atoms in total. The molecule has 0 aliphatic carbocycles. The van der Waals surface area contributed by atoms with Crippen molar-refractivity contribution in [3.05, 3.63) is 29.8 Å². The number of hydrogen-bond acceptors (Lipinski definition) is 3. The van der Waals surface area contributed by atoms with Crippen molar-refractivity contribution in [3.8, 4) is 5.75 Å². The quantitative estimate of drug-likeness (QED) is 0.864. The molecule has 0 radical (unpaired) electrons. The van der Waals surface area contributed by atoms with Gasteiger partial charge in [0.15, 0.2) is 5.78 Å². The molecule has 1 amide bonds. The van der Waals surface area contributed by atoms with E-state index in [2.05, 4.69) is 10.1 Å². The number of alkyl halides is 2. The minimum absolute atomic E-state index is 0.0999. The Hall–Kier alpha value is -1.98. The number of ketones is 1. The highest BCUT2D eigenvalue weighted by Crippen LogP contribution is 2.16. The first-order valence-electron chi connectivity index (χ1n) is 5.82. The number of carbonyl (C=O) groups is 2. The summed E-state index contributed by atoms with van der Waals surface area (Å²) >= 11 is 0. The third kappa shape index (κ3) is 4.65. The van der Waals surface area contributed by atoms with Gasteiger partial charge in [0.25, 0.3) is 5.91 Å². The molecule has 104 valence electrons. The molecule has 1 aromatic carbocycles. The zero-order chi connectivity index (χ0) is 14.4. The lowest BCUT2D eigenvalue weighted by Gasteiger charge is -2.12. The molecule has 0 saturated heterocycles. The molecule has 0 heterocycles. The smallest absolute Gasteiger partial charge is 0.387 e. The van der Waals surface area contributed by atoms with Crippen molar-refractivity contribution in [1.29, 1.82) is 0 Å². The maximum Gasteiger partial charge on any atom is 0.387 e. The van der Waals surface area contributed by atoms with Crippen molar-refractivity contribution < 1.29 is 23.1 Å². The van der Waals surface area contributed by atoms with Gasteiger partial charge in [-0.15, -0.1) is 0 Å². The van der Waals surface area contributed by atoms with Gasteiger partial charge in [0.1, 0.15) is 5.75 Å². The maximum absolute atomic E-state index is 12.0. The third-order valence-corrected chi connectivity index (χ3v) is 2.50. The number of Topliss-reactive ketones (excluding diaryl/α,β-unsaturated/α-hetero) is 1. The number of amides is 1. The van der Waals surface area contributed by atoms with Crippen molar-refractivity contribution in [3.63, 3.8) is 0 Å². The molecule has 6 heteroatoms. The normalized spacial score (nSPS) is 12.1. The Morgan fingerprint density at radius 3 is 2.63 bits per heavy atom. The summed E-state index contributed by atoms with van der Waals surface area (Å²) in [5.74, 6) is -0.709. The molecule has 19 heavy (non-hydrogen) atoms. The first-order chi connectivity index (χ1) is 8.93. The predicted octanol–water partition coefficient (Wildman–Crippen LogP) is 2.39. The molecule has 1 aromatic rings. The molecule has 0 bridgehead atoms. The van der Waals surface area contributed by atoms with Gasteiger partial charge < -0.3 is 10.1 Å². The van der Waals surface area contributed by atoms with E-state index in [0.29, 0.717) is 6.42 Å². The lowest BCUT2D eigenvalue weighted by molar-refractivity contribution is -0.120. The Kier molecular flexibility index (Phi) is 5.41. The Morgan fingerprint density at radius 1 is 1.37 bits per heavy atom. The summed E-state index contributed by atoms with van der Waals surface area (Å²) in [4.78, 5) is 23.2. The van der Waals surface area contributed by atoms with Crippen molar-refractivity contribution >= 4 is 11.7 Å². The summed E-state index contributed by atoms with van der Waals surface area (Å²) in [6.07, 6.45) is 0.315. The Labute approximate surface area is 109 Å². The number of benzene rings is 1. The number of rotatable bonds is 6. The minimum Gasteiger partial charge on any atom is -0.435 e. The summed E-state index contributed by atoms with van der Waals surface area (Å²) < 4.78 is 28.3. The Balaban J connectivity index is 2.74. The second kappa shape index (κ2) is 6.82. The van der Waals surface area contributed by atoms with Crippen molar-refractivity contribution in [2.75, 3.05) is 0 Å². The molecule has 0 fully saturated rings. The largest absolute Gasteiger partial charge is 0.435 e. The summed E-state index contributed by atoms with van der Waals surface area (Å²) in [6.45, 7) is 0.324. The highest BCUT2D eigenvalue weighted by atomic mass is 19.3. The fraction of sp³-hybridized carbons (Fsp3) is 0.385. The second-order valence-corrected chi connectivity index (χ2v) is 3.92. The molecule has 1 rings (SSSR count). The molecule has 0 aromatic heterocycles. The van der Waals surface area contributed by atoms with Gasteiger partial charge in [0, 0.05) is 12.0 Å². The van der Waals surface area contributed by atoms with Crippen LogP contribution in [0.3, 0.4) is 0 Å². The average molecular weight is 271 g/mol. The number of hydrogen-bond donors (Lipinski definition) is 1. The topological polar surface area (TPSA) is 55.4 Å². The van der Waals surface area contributed by atoms with Crippen molar-refractivity contribution in [2.45, 2.75) is 32.9 Å². The highest BCUT2D eigenvalue weighted by Gasteiger charge is 2.15. The van der Waals surface area contributed by atoms with Gasteiger partial charge in [0.05, 0.1) is 6.04 Å². The summed E-state index contributed by atoms with van der Waals surface area (Å²) in [5.41, 5.74) is 0.161. The van der Waals surface area contributed by atoms with E-state index in [0.717, 1.165) is 0 Å². The van der Waals surface area contributed by atoms with Gasteiger partial charge in [0.2, 0.25) is 0 Å². The lowest BCUT2D eigenvalue weighted by atomic mass is 10.1. The Morgan fingerprint density at radius 2 is 2.05 bits per heavy atom. The van der Waals surface area contributed by atoms with Gasteiger partial charge in [-0.2, -0.15) is 8.78 Å². The summed E-state index contributed by atoms with van der Waals surface area (Å²) in [6, 6.07) is 4.79. The van der Waals surface area contributed by atoms with E-state index in [9.17, 15) is 18.4 Å². The van der Waals surface area contributed by atoms with Crippen LogP contribution in [0.2, 0.25) is 0 Å². The number of carbonyl (C=O) groups excluding carboxylic acids is 2. The minimum atomic E-state index is -2.95. The van der Waals surface area contributed by atoms with Crippen LogP contribution in [0.15, 0.2) is 24.3 Å². The van der Waals surface area contributed by atoms with E-state index in [1.165, 1.54) is 24.3 Å². The van der Waals surface area contributed by atoms with Crippen molar-refractivity contribution in [2.24, 2.45) is 0 Å². The molecule has 1 atom stereocenters. The van der Waals surface area contributed by atoms with E-state index >= 15 is 0 Å². The van der Waals surface area contributed by atoms with Crippen LogP contribution in [0.25, 0.3) is 0 Å². The first-order valence-corrected chi connectivity index (χ1v) is 5.82. The predicted molar refractivity (Wildman–Crippen MR) is 65.3 cm³/mol. The fourth-order valence-electron chi connectivity index (χ4n) is 1.48. The van der Waals surface area contributed by atoms with E-state index in [1.54, 1.807) is 13.8 Å². The molecule has 0 aliphatic heterocycles. The zero-order valence-corrected chi connectivity index (χ0v) is 10.7. The molecule has 0 spiro atoms. The lowest BCUT2D eigenvalue weighted by Crippen LogP contribution is -2.38. The molecular formula is C13H15F2NO3. The second-order valence-electron chi connectivity index (χ2n) is 3.92. The van der Waals surface area contributed by atoms with Crippen LogP contribution >= 0.6 is 0 Å². The number of ether oxygens (including phenoxy) is 1. The molecule has 1 N–H and O–H groups in total. The maximum atomic E-state index is 12.0. The van der Waals surface area contributed by atoms with E-state index in [-0.39, 0.29) is 17.1 Å². The van der Waals surface area contributed by atoms with Crippen LogP contribution in [0.5, 0.6) is 5.75 Å². The third-order valence-electron chi connectivity index (χ3n) is 2.50. The van der Waals surface area contributed by atoms with Crippen LogP contribution in [-0.2, 0) is 4.79 Å². The first kappa shape index (κ1) is 15.1. The van der Waals surface area contributed by atoms with Crippen LogP contribution in [-0.4, -0.2) is 24.3 Å². The van der Waals surface area contributed by atoms with E-state index in [1.807, 2.05) is 0 Å². The summed E-state index contributed by atoms with van der Waals surface area (Å²) in [7, 11) is 0. The van der Waals surface area contributed by atoms with Gasteiger partial charge in [-0.1, -0.05) is 13.0 Å². The fourth-order valence-corrected chi connectivity index (χ4v) is 1.48. The molecule has 1 unspecified atom stereocenters. The monoisotopic (exact) mass is 271 g/mol. The molecule has 0 aliphatic rings. The van der Waals surface area contributed by atoms with Gasteiger partial charge in [-0.25, -0.2) is 0 Å². The van der Waals surface area contributed by atoms with Crippen LogP contribution in [0, 0.1) is 0 Å². The standard InChI is InChI=1S/C13H15F2NO3/c1-3-11(17)8(2)16-12(18)9-5-4-6-10(7-9)19-13(14)15/h4-8,13H,3H2,1-2H3,(H,16,18). The van der Waals surface area contributed by atoms with Crippen LogP contribution in [0.4, 0.5) is 8.78 Å². The highest BCUT2D eigenvalue weighted by molar-refractivity contribution is 5.98. The average Bonchev–Trinajstić information content (AvgIpc) is 2.37. The van der Waals surface area contributed by atoms with Crippen LogP contribution in [0.1, 0.15) is 30.6 Å². The van der Waals surface area contributed by atoms with E-state index < -0.39 is 18.6 Å². The van der Waals surface area contributed by atoms with Crippen molar-refractivity contribution in [1.82, 2.24) is 5.32 Å². The van der Waals surface area contributed by atoms with Gasteiger partial charge in [-0.3, -0.25) is 9.59 Å². The van der Waals surface area contributed by atoms with E-state index in [4.69, 9.17) is 0 Å². The van der Waals surface area contributed by atoms with Gasteiger partial charge in [-0.05, 0) is 25.1 Å². The molecule has 0 saturated carbocycles. The van der Waals surface area contributed by atoms with Crippen LogP contribution < -0.4 is 10.1 Å². The Bertz CT molecular complexity index is 463. The summed E-state index contributed by atoms with van der Waals surface area (Å²) in [5, 5.41) is 2.50. The number of nitrogens with one attached hydrogen (secondary N) is 1. The van der Waals surface area contributed by atoms with Gasteiger partial charge >= 0.3 is 6.61 Å². The number of halogens is 2. The zero-order valence-electron chi connectivity index (χ0n) is 10.7.